The Kier molecular flexibility index (Phi) is 4.56. The zero-order valence-electron chi connectivity index (χ0n) is 15.3. The van der Waals surface area contributed by atoms with Gasteiger partial charge in [-0.25, -0.2) is 4.79 Å². The highest BCUT2D eigenvalue weighted by molar-refractivity contribution is 6.07. The number of rotatable bonds is 6. The lowest BCUT2D eigenvalue weighted by Gasteiger charge is -2.23. The van der Waals surface area contributed by atoms with Gasteiger partial charge in [-0.2, -0.15) is 0 Å². The topological polar surface area (TPSA) is 97.3 Å². The van der Waals surface area contributed by atoms with Gasteiger partial charge in [-0.05, 0) is 36.8 Å². The number of carbonyl (C=O) groups is 2. The molecule has 1 saturated heterocycles. The molecule has 0 unspecified atom stereocenters. The Bertz CT molecular complexity index is 903. The molecule has 2 aliphatic rings. The zero-order valence-corrected chi connectivity index (χ0v) is 15.3. The minimum absolute atomic E-state index is 0.0399. The number of aliphatic hydroxyl groups is 1. The molecule has 0 bridgehead atoms. The smallest absolute Gasteiger partial charge is 0.325 e. The van der Waals surface area contributed by atoms with Gasteiger partial charge in [0.1, 0.15) is 24.0 Å². The van der Waals surface area contributed by atoms with E-state index in [0.29, 0.717) is 22.8 Å². The van der Waals surface area contributed by atoms with Crippen molar-refractivity contribution in [3.8, 4) is 17.2 Å². The van der Waals surface area contributed by atoms with Crippen LogP contribution in [-0.2, 0) is 10.3 Å². The van der Waals surface area contributed by atoms with Gasteiger partial charge < -0.3 is 24.6 Å². The van der Waals surface area contributed by atoms with Crippen LogP contribution in [0.5, 0.6) is 17.2 Å². The second-order valence-corrected chi connectivity index (χ2v) is 6.82. The molecule has 0 aromatic heterocycles. The van der Waals surface area contributed by atoms with Gasteiger partial charge >= 0.3 is 6.03 Å². The summed E-state index contributed by atoms with van der Waals surface area (Å²) >= 11 is 0. The van der Waals surface area contributed by atoms with E-state index in [1.54, 1.807) is 37.3 Å². The lowest BCUT2D eigenvalue weighted by molar-refractivity contribution is -0.132. The summed E-state index contributed by atoms with van der Waals surface area (Å²) in [4.78, 5) is 26.4. The number of nitrogens with one attached hydrogen (secondary N) is 1. The standard InChI is InChI=1S/C20H20N2O6/c1-20(13-7-8-16-17(9-13)28-12-27-16)18(24)22(19(25)21-20)10-14(23)11-26-15-5-3-2-4-6-15/h2-9,14,23H,10-12H2,1H3,(H,21,25)/t14-,20-/m1/s1. The first-order valence-corrected chi connectivity index (χ1v) is 8.87. The van der Waals surface area contributed by atoms with Crippen molar-refractivity contribution in [2.45, 2.75) is 18.6 Å². The van der Waals surface area contributed by atoms with Crippen LogP contribution < -0.4 is 19.5 Å². The quantitative estimate of drug-likeness (QED) is 0.735. The molecule has 0 aliphatic carbocycles. The van der Waals surface area contributed by atoms with E-state index in [-0.39, 0.29) is 19.9 Å². The first-order chi connectivity index (χ1) is 13.5. The highest BCUT2D eigenvalue weighted by atomic mass is 16.7. The van der Waals surface area contributed by atoms with Gasteiger partial charge in [-0.3, -0.25) is 9.69 Å². The van der Waals surface area contributed by atoms with Gasteiger partial charge in [-0.1, -0.05) is 24.3 Å². The molecule has 2 aliphatic heterocycles. The van der Waals surface area contributed by atoms with Crippen LogP contribution in [-0.4, -0.2) is 48.0 Å². The van der Waals surface area contributed by atoms with Crippen molar-refractivity contribution in [2.24, 2.45) is 0 Å². The van der Waals surface area contributed by atoms with Crippen LogP contribution in [0, 0.1) is 0 Å². The molecule has 146 valence electrons. The summed E-state index contributed by atoms with van der Waals surface area (Å²) in [7, 11) is 0. The molecule has 28 heavy (non-hydrogen) atoms. The van der Waals surface area contributed by atoms with Crippen LogP contribution in [0.15, 0.2) is 48.5 Å². The number of imide groups is 1. The summed E-state index contributed by atoms with van der Waals surface area (Å²) in [6.07, 6.45) is -1.02. The number of urea groups is 1. The Balaban J connectivity index is 1.44. The van der Waals surface area contributed by atoms with Crippen molar-refractivity contribution in [2.75, 3.05) is 19.9 Å². The fourth-order valence-electron chi connectivity index (χ4n) is 3.24. The number of amides is 3. The fraction of sp³-hybridized carbons (Fsp3) is 0.300. The van der Waals surface area contributed by atoms with E-state index in [9.17, 15) is 14.7 Å². The second kappa shape index (κ2) is 7.05. The van der Waals surface area contributed by atoms with E-state index in [1.165, 1.54) is 0 Å². The lowest BCUT2D eigenvalue weighted by Crippen LogP contribution is -2.42. The first kappa shape index (κ1) is 18.1. The predicted octanol–water partition coefficient (Wildman–Crippen LogP) is 1.62. The number of β-amino-alcohol motifs (C(OH)–C–C–N with tert-alkyl or cyclic N) is 1. The third-order valence-corrected chi connectivity index (χ3v) is 4.80. The molecule has 0 spiro atoms. The molecule has 4 rings (SSSR count). The summed E-state index contributed by atoms with van der Waals surface area (Å²) in [6.45, 7) is 1.53. The fourth-order valence-corrected chi connectivity index (χ4v) is 3.24. The van der Waals surface area contributed by atoms with Crippen LogP contribution in [0.2, 0.25) is 0 Å². The van der Waals surface area contributed by atoms with Gasteiger partial charge in [0.2, 0.25) is 6.79 Å². The highest BCUT2D eigenvalue weighted by Crippen LogP contribution is 2.37. The van der Waals surface area contributed by atoms with Gasteiger partial charge in [0.15, 0.2) is 11.5 Å². The molecule has 0 saturated carbocycles. The number of hydrogen-bond acceptors (Lipinski definition) is 6. The molecule has 0 radical (unpaired) electrons. The zero-order chi connectivity index (χ0) is 19.7. The first-order valence-electron chi connectivity index (χ1n) is 8.87. The van der Waals surface area contributed by atoms with Crippen molar-refractivity contribution in [3.63, 3.8) is 0 Å². The molecule has 2 aromatic carbocycles. The second-order valence-electron chi connectivity index (χ2n) is 6.82. The lowest BCUT2D eigenvalue weighted by atomic mass is 9.91. The average molecular weight is 384 g/mol. The Morgan fingerprint density at radius 2 is 1.93 bits per heavy atom. The molecule has 2 aromatic rings. The van der Waals surface area contributed by atoms with Gasteiger partial charge in [0.05, 0.1) is 6.54 Å². The largest absolute Gasteiger partial charge is 0.491 e. The summed E-state index contributed by atoms with van der Waals surface area (Å²) in [6, 6.07) is 13.5. The Morgan fingerprint density at radius 1 is 1.18 bits per heavy atom. The maximum Gasteiger partial charge on any atom is 0.325 e. The molecule has 8 nitrogen and oxygen atoms in total. The predicted molar refractivity (Wildman–Crippen MR) is 98.1 cm³/mol. The summed E-state index contributed by atoms with van der Waals surface area (Å²) in [5.41, 5.74) is -0.675. The molecular weight excluding hydrogens is 364 g/mol. The molecule has 2 N–H and O–H groups in total. The number of aliphatic hydroxyl groups excluding tert-OH is 1. The van der Waals surface area contributed by atoms with Crippen molar-refractivity contribution in [1.82, 2.24) is 10.2 Å². The van der Waals surface area contributed by atoms with Crippen LogP contribution in [0.1, 0.15) is 12.5 Å². The monoisotopic (exact) mass is 384 g/mol. The minimum atomic E-state index is -1.25. The Morgan fingerprint density at radius 3 is 2.71 bits per heavy atom. The van der Waals surface area contributed by atoms with Crippen molar-refractivity contribution < 1.29 is 28.9 Å². The molecule has 8 heteroatoms. The molecule has 1 fully saturated rings. The minimum Gasteiger partial charge on any atom is -0.491 e. The third-order valence-electron chi connectivity index (χ3n) is 4.80. The Hall–Kier alpha value is -3.26. The van der Waals surface area contributed by atoms with E-state index in [2.05, 4.69) is 5.32 Å². The summed E-state index contributed by atoms with van der Waals surface area (Å²) in [5, 5.41) is 12.9. The number of hydrogen-bond donors (Lipinski definition) is 2. The maximum absolute atomic E-state index is 13.0. The van der Waals surface area contributed by atoms with Gasteiger partial charge in [0, 0.05) is 0 Å². The normalized spacial score (nSPS) is 21.6. The average Bonchev–Trinajstić information content (AvgIpc) is 3.25. The van der Waals surface area contributed by atoms with E-state index in [0.717, 1.165) is 4.90 Å². The number of para-hydroxylation sites is 1. The van der Waals surface area contributed by atoms with E-state index in [4.69, 9.17) is 14.2 Å². The van der Waals surface area contributed by atoms with Gasteiger partial charge in [-0.15, -0.1) is 0 Å². The Labute approximate surface area is 161 Å². The number of carbonyl (C=O) groups excluding carboxylic acids is 2. The van der Waals surface area contributed by atoms with E-state index >= 15 is 0 Å². The molecule has 3 amide bonds. The summed E-state index contributed by atoms with van der Waals surface area (Å²) < 4.78 is 16.1. The maximum atomic E-state index is 13.0. The van der Waals surface area contributed by atoms with E-state index in [1.807, 2.05) is 18.2 Å². The van der Waals surface area contributed by atoms with E-state index < -0.39 is 23.6 Å². The van der Waals surface area contributed by atoms with Crippen molar-refractivity contribution >= 4 is 11.9 Å². The van der Waals surface area contributed by atoms with Crippen molar-refractivity contribution in [3.05, 3.63) is 54.1 Å². The van der Waals surface area contributed by atoms with Crippen LogP contribution in [0.3, 0.4) is 0 Å². The molecule has 2 atom stereocenters. The van der Waals surface area contributed by atoms with Gasteiger partial charge in [0.25, 0.3) is 5.91 Å². The molecular formula is C20H20N2O6. The molecule has 2 heterocycles. The van der Waals surface area contributed by atoms with Crippen LogP contribution >= 0.6 is 0 Å². The SMILES string of the molecule is C[C@]1(c2ccc3c(c2)OCO3)NC(=O)N(C[C@@H](O)COc2ccccc2)C1=O. The van der Waals surface area contributed by atoms with Crippen LogP contribution in [0.25, 0.3) is 0 Å². The summed E-state index contributed by atoms with van der Waals surface area (Å²) in [5.74, 6) is 1.27. The number of fused-ring (bicyclic) bond motifs is 1. The highest BCUT2D eigenvalue weighted by Gasteiger charge is 2.49. The number of ether oxygens (including phenoxy) is 3. The van der Waals surface area contributed by atoms with Crippen molar-refractivity contribution in [1.29, 1.82) is 0 Å². The van der Waals surface area contributed by atoms with Crippen LogP contribution in [0.4, 0.5) is 4.79 Å². The third kappa shape index (κ3) is 3.22. The number of nitrogens with zero attached hydrogens (tertiary/aromatic N) is 1. The number of benzene rings is 2.